The van der Waals surface area contributed by atoms with E-state index < -0.39 is 6.04 Å². The first-order chi connectivity index (χ1) is 13.0. The molecule has 1 N–H and O–H groups in total. The SMILES string of the molecule is Cc1ccc(C(=O)NC(Cc2ccccc2)C(=O)N2CCC(C)CC2)cc1. The van der Waals surface area contributed by atoms with Crippen molar-refractivity contribution in [1.29, 1.82) is 0 Å². The summed E-state index contributed by atoms with van der Waals surface area (Å²) in [6.07, 6.45) is 2.55. The average molecular weight is 364 g/mol. The largest absolute Gasteiger partial charge is 0.341 e. The number of amides is 2. The lowest BCUT2D eigenvalue weighted by Gasteiger charge is -2.33. The molecule has 0 saturated carbocycles. The number of piperidine rings is 1. The Kier molecular flexibility index (Phi) is 6.28. The summed E-state index contributed by atoms with van der Waals surface area (Å²) < 4.78 is 0. The Balaban J connectivity index is 1.75. The molecule has 0 aromatic heterocycles. The highest BCUT2D eigenvalue weighted by Crippen LogP contribution is 2.18. The number of likely N-dealkylation sites (tertiary alicyclic amines) is 1. The zero-order valence-corrected chi connectivity index (χ0v) is 16.2. The molecule has 1 aliphatic heterocycles. The van der Waals surface area contributed by atoms with Crippen LogP contribution in [0.25, 0.3) is 0 Å². The normalized spacial score (nSPS) is 16.0. The van der Waals surface area contributed by atoms with Crippen molar-refractivity contribution in [3.8, 4) is 0 Å². The van der Waals surface area contributed by atoms with Crippen molar-refractivity contribution >= 4 is 11.8 Å². The number of carbonyl (C=O) groups is 2. The van der Waals surface area contributed by atoms with Gasteiger partial charge in [-0.1, -0.05) is 55.0 Å². The lowest BCUT2D eigenvalue weighted by molar-refractivity contribution is -0.134. The van der Waals surface area contributed by atoms with Crippen molar-refractivity contribution in [2.45, 2.75) is 39.2 Å². The van der Waals surface area contributed by atoms with Crippen molar-refractivity contribution < 1.29 is 9.59 Å². The molecule has 0 radical (unpaired) electrons. The fraction of sp³-hybridized carbons (Fsp3) is 0.391. The summed E-state index contributed by atoms with van der Waals surface area (Å²) in [6, 6.07) is 16.8. The van der Waals surface area contributed by atoms with E-state index in [1.807, 2.05) is 54.3 Å². The molecule has 142 valence electrons. The van der Waals surface area contributed by atoms with Crippen LogP contribution in [0.5, 0.6) is 0 Å². The predicted octanol–water partition coefficient (Wildman–Crippen LogP) is 3.59. The highest BCUT2D eigenvalue weighted by atomic mass is 16.2. The van der Waals surface area contributed by atoms with Gasteiger partial charge < -0.3 is 10.2 Å². The Hall–Kier alpha value is -2.62. The van der Waals surface area contributed by atoms with Gasteiger partial charge in [0.15, 0.2) is 0 Å². The van der Waals surface area contributed by atoms with Crippen molar-refractivity contribution in [1.82, 2.24) is 10.2 Å². The summed E-state index contributed by atoms with van der Waals surface area (Å²) in [7, 11) is 0. The number of nitrogens with zero attached hydrogens (tertiary/aromatic N) is 1. The number of benzene rings is 2. The first-order valence-corrected chi connectivity index (χ1v) is 9.73. The van der Waals surface area contributed by atoms with Gasteiger partial charge in [0.1, 0.15) is 6.04 Å². The molecule has 1 unspecified atom stereocenters. The minimum absolute atomic E-state index is 0.0196. The van der Waals surface area contributed by atoms with E-state index in [1.165, 1.54) is 0 Å². The van der Waals surface area contributed by atoms with Crippen molar-refractivity contribution in [3.63, 3.8) is 0 Å². The van der Waals surface area contributed by atoms with Gasteiger partial charge in [-0.05, 0) is 43.4 Å². The molecule has 3 rings (SSSR count). The van der Waals surface area contributed by atoms with E-state index in [9.17, 15) is 9.59 Å². The molecule has 0 bridgehead atoms. The minimum atomic E-state index is -0.547. The van der Waals surface area contributed by atoms with Gasteiger partial charge in [-0.2, -0.15) is 0 Å². The summed E-state index contributed by atoms with van der Waals surface area (Å²) in [5, 5.41) is 2.98. The molecule has 0 spiro atoms. The van der Waals surface area contributed by atoms with Crippen LogP contribution >= 0.6 is 0 Å². The molecule has 1 atom stereocenters. The second kappa shape index (κ2) is 8.85. The third-order valence-corrected chi connectivity index (χ3v) is 5.30. The minimum Gasteiger partial charge on any atom is -0.341 e. The Labute approximate surface area is 161 Å². The van der Waals surface area contributed by atoms with Crippen molar-refractivity contribution in [2.75, 3.05) is 13.1 Å². The average Bonchev–Trinajstić information content (AvgIpc) is 2.69. The maximum absolute atomic E-state index is 13.1. The van der Waals surface area contributed by atoms with Crippen LogP contribution in [0, 0.1) is 12.8 Å². The van der Waals surface area contributed by atoms with Gasteiger partial charge in [0.05, 0.1) is 0 Å². The lowest BCUT2D eigenvalue weighted by atomic mass is 9.97. The van der Waals surface area contributed by atoms with Crippen LogP contribution in [0.1, 0.15) is 41.3 Å². The highest BCUT2D eigenvalue weighted by molar-refractivity contribution is 5.97. The quantitative estimate of drug-likeness (QED) is 0.881. The van der Waals surface area contributed by atoms with Gasteiger partial charge in [0.25, 0.3) is 5.91 Å². The van der Waals surface area contributed by atoms with E-state index in [0.29, 0.717) is 17.9 Å². The molecule has 1 heterocycles. The molecule has 4 heteroatoms. The Morgan fingerprint density at radius 2 is 1.67 bits per heavy atom. The number of rotatable bonds is 5. The summed E-state index contributed by atoms with van der Waals surface area (Å²) in [5.74, 6) is 0.477. The molecule has 2 aromatic rings. The third kappa shape index (κ3) is 5.19. The number of hydrogen-bond acceptors (Lipinski definition) is 2. The van der Waals surface area contributed by atoms with E-state index in [0.717, 1.165) is 37.1 Å². The van der Waals surface area contributed by atoms with Gasteiger partial charge >= 0.3 is 0 Å². The fourth-order valence-electron chi connectivity index (χ4n) is 3.45. The Bertz CT molecular complexity index is 763. The molecule has 1 saturated heterocycles. The second-order valence-corrected chi connectivity index (χ2v) is 7.59. The van der Waals surface area contributed by atoms with Crippen LogP contribution < -0.4 is 5.32 Å². The zero-order valence-electron chi connectivity index (χ0n) is 16.2. The summed E-state index contributed by atoms with van der Waals surface area (Å²) in [5.41, 5.74) is 2.73. The monoisotopic (exact) mass is 364 g/mol. The number of aryl methyl sites for hydroxylation is 1. The van der Waals surface area contributed by atoms with Crippen LogP contribution in [0.15, 0.2) is 54.6 Å². The molecule has 27 heavy (non-hydrogen) atoms. The van der Waals surface area contributed by atoms with E-state index >= 15 is 0 Å². The fourth-order valence-corrected chi connectivity index (χ4v) is 3.45. The van der Waals surface area contributed by atoms with Crippen LogP contribution in [0.3, 0.4) is 0 Å². The highest BCUT2D eigenvalue weighted by Gasteiger charge is 2.28. The number of hydrogen-bond donors (Lipinski definition) is 1. The maximum Gasteiger partial charge on any atom is 0.251 e. The van der Waals surface area contributed by atoms with E-state index in [2.05, 4.69) is 12.2 Å². The molecule has 1 fully saturated rings. The summed E-state index contributed by atoms with van der Waals surface area (Å²) in [6.45, 7) is 5.75. The second-order valence-electron chi connectivity index (χ2n) is 7.59. The first kappa shape index (κ1) is 19.2. The van der Waals surface area contributed by atoms with Crippen LogP contribution in [-0.4, -0.2) is 35.8 Å². The van der Waals surface area contributed by atoms with Crippen molar-refractivity contribution in [2.24, 2.45) is 5.92 Å². The standard InChI is InChI=1S/C23H28N2O2/c1-17-8-10-20(11-9-17)22(26)24-21(16-19-6-4-3-5-7-19)23(27)25-14-12-18(2)13-15-25/h3-11,18,21H,12-16H2,1-2H3,(H,24,26). The maximum atomic E-state index is 13.1. The first-order valence-electron chi connectivity index (χ1n) is 9.73. The summed E-state index contributed by atoms with van der Waals surface area (Å²) >= 11 is 0. The van der Waals surface area contributed by atoms with Crippen LogP contribution in [0.2, 0.25) is 0 Å². The van der Waals surface area contributed by atoms with E-state index in [4.69, 9.17) is 0 Å². The molecule has 4 nitrogen and oxygen atoms in total. The molecule has 2 amide bonds. The van der Waals surface area contributed by atoms with Crippen LogP contribution in [0.4, 0.5) is 0 Å². The van der Waals surface area contributed by atoms with E-state index in [-0.39, 0.29) is 11.8 Å². The van der Waals surface area contributed by atoms with Crippen molar-refractivity contribution in [3.05, 3.63) is 71.3 Å². The zero-order chi connectivity index (χ0) is 19.2. The van der Waals surface area contributed by atoms with Gasteiger partial charge in [0, 0.05) is 25.1 Å². The lowest BCUT2D eigenvalue weighted by Crippen LogP contribution is -2.51. The number of carbonyl (C=O) groups excluding carboxylic acids is 2. The van der Waals surface area contributed by atoms with Gasteiger partial charge in [0.2, 0.25) is 5.91 Å². The topological polar surface area (TPSA) is 49.4 Å². The summed E-state index contributed by atoms with van der Waals surface area (Å²) in [4.78, 5) is 27.8. The molecule has 1 aliphatic rings. The molecular weight excluding hydrogens is 336 g/mol. The number of nitrogens with one attached hydrogen (secondary N) is 1. The van der Waals surface area contributed by atoms with E-state index in [1.54, 1.807) is 12.1 Å². The third-order valence-electron chi connectivity index (χ3n) is 5.30. The molecule has 0 aliphatic carbocycles. The smallest absolute Gasteiger partial charge is 0.251 e. The molecular formula is C23H28N2O2. The Morgan fingerprint density at radius 1 is 1.04 bits per heavy atom. The van der Waals surface area contributed by atoms with Crippen LogP contribution in [-0.2, 0) is 11.2 Å². The predicted molar refractivity (Wildman–Crippen MR) is 108 cm³/mol. The van der Waals surface area contributed by atoms with Gasteiger partial charge in [-0.25, -0.2) is 0 Å². The van der Waals surface area contributed by atoms with Gasteiger partial charge in [-0.3, -0.25) is 9.59 Å². The van der Waals surface area contributed by atoms with Gasteiger partial charge in [-0.15, -0.1) is 0 Å². The molecule has 2 aromatic carbocycles. The Morgan fingerprint density at radius 3 is 2.30 bits per heavy atom.